The molecule has 2 N–H and O–H groups in total. The Morgan fingerprint density at radius 1 is 1.27 bits per heavy atom. The van der Waals surface area contributed by atoms with E-state index in [0.29, 0.717) is 11.8 Å². The van der Waals surface area contributed by atoms with Crippen LogP contribution < -0.4 is 5.32 Å². The van der Waals surface area contributed by atoms with Crippen molar-refractivity contribution in [2.24, 2.45) is 5.92 Å². The Labute approximate surface area is 133 Å². The molecule has 1 unspecified atom stereocenters. The van der Waals surface area contributed by atoms with Crippen molar-refractivity contribution in [2.45, 2.75) is 45.6 Å². The summed E-state index contributed by atoms with van der Waals surface area (Å²) in [6.45, 7) is 8.25. The molecule has 0 bridgehead atoms. The molecule has 4 nitrogen and oxygen atoms in total. The van der Waals surface area contributed by atoms with E-state index in [1.165, 1.54) is 5.56 Å². The summed E-state index contributed by atoms with van der Waals surface area (Å²) in [4.78, 5) is 14.7. The van der Waals surface area contributed by atoms with Crippen LogP contribution in [0.5, 0.6) is 0 Å². The first-order chi connectivity index (χ1) is 10.5. The number of piperidine rings is 1. The fourth-order valence-electron chi connectivity index (χ4n) is 3.04. The van der Waals surface area contributed by atoms with Crippen LogP contribution in [-0.2, 0) is 4.79 Å². The summed E-state index contributed by atoms with van der Waals surface area (Å²) < 4.78 is 0. The topological polar surface area (TPSA) is 52.6 Å². The predicted molar refractivity (Wildman–Crippen MR) is 90.0 cm³/mol. The molecule has 1 amide bonds. The van der Waals surface area contributed by atoms with Crippen LogP contribution in [0.2, 0.25) is 0 Å². The standard InChI is InChI=1S/C18H28N2O2/c1-13(2)16-6-4-5-7-17(16)19-18(22)14(3)20-10-8-15(12-21)9-11-20/h4-7,13-15,21H,8-12H2,1-3H3,(H,19,22). The summed E-state index contributed by atoms with van der Waals surface area (Å²) in [7, 11) is 0. The van der Waals surface area contributed by atoms with Crippen molar-refractivity contribution in [2.75, 3.05) is 25.0 Å². The van der Waals surface area contributed by atoms with Gasteiger partial charge in [-0.3, -0.25) is 9.69 Å². The van der Waals surface area contributed by atoms with Gasteiger partial charge >= 0.3 is 0 Å². The second-order valence-electron chi connectivity index (χ2n) is 6.57. The Balaban J connectivity index is 1.97. The molecule has 1 heterocycles. The second kappa shape index (κ2) is 7.75. The normalized spacial score (nSPS) is 18.4. The maximum atomic E-state index is 12.5. The number of nitrogens with one attached hydrogen (secondary N) is 1. The maximum Gasteiger partial charge on any atom is 0.241 e. The van der Waals surface area contributed by atoms with Crippen LogP contribution >= 0.6 is 0 Å². The summed E-state index contributed by atoms with van der Waals surface area (Å²) in [5, 5.41) is 12.3. The van der Waals surface area contributed by atoms with Crippen LogP contribution in [0.4, 0.5) is 5.69 Å². The maximum absolute atomic E-state index is 12.5. The average molecular weight is 304 g/mol. The van der Waals surface area contributed by atoms with Crippen LogP contribution in [0.1, 0.15) is 45.1 Å². The van der Waals surface area contributed by atoms with E-state index in [1.807, 2.05) is 25.1 Å². The number of nitrogens with zero attached hydrogens (tertiary/aromatic N) is 1. The Morgan fingerprint density at radius 2 is 1.91 bits per heavy atom. The molecule has 1 fully saturated rings. The van der Waals surface area contributed by atoms with E-state index in [0.717, 1.165) is 31.6 Å². The minimum Gasteiger partial charge on any atom is -0.396 e. The molecule has 1 aromatic carbocycles. The van der Waals surface area contributed by atoms with Gasteiger partial charge in [-0.1, -0.05) is 32.0 Å². The largest absolute Gasteiger partial charge is 0.396 e. The quantitative estimate of drug-likeness (QED) is 0.879. The van der Waals surface area contributed by atoms with Crippen molar-refractivity contribution in [3.05, 3.63) is 29.8 Å². The highest BCUT2D eigenvalue weighted by molar-refractivity contribution is 5.95. The van der Waals surface area contributed by atoms with Gasteiger partial charge in [0.05, 0.1) is 6.04 Å². The van der Waals surface area contributed by atoms with Crippen molar-refractivity contribution < 1.29 is 9.90 Å². The lowest BCUT2D eigenvalue weighted by Gasteiger charge is -2.34. The molecule has 0 spiro atoms. The third-order valence-electron chi connectivity index (χ3n) is 4.68. The Morgan fingerprint density at radius 3 is 2.50 bits per heavy atom. The molecule has 22 heavy (non-hydrogen) atoms. The minimum absolute atomic E-state index is 0.0514. The zero-order valence-electron chi connectivity index (χ0n) is 13.9. The van der Waals surface area contributed by atoms with Crippen molar-refractivity contribution >= 4 is 11.6 Å². The van der Waals surface area contributed by atoms with Crippen molar-refractivity contribution in [3.8, 4) is 0 Å². The first-order valence-corrected chi connectivity index (χ1v) is 8.27. The van der Waals surface area contributed by atoms with Gasteiger partial charge in [-0.15, -0.1) is 0 Å². The summed E-state index contributed by atoms with van der Waals surface area (Å²) >= 11 is 0. The number of hydrogen-bond donors (Lipinski definition) is 2. The number of hydrogen-bond acceptors (Lipinski definition) is 3. The zero-order chi connectivity index (χ0) is 16.1. The molecule has 1 aliphatic heterocycles. The number of carbonyl (C=O) groups is 1. The Kier molecular flexibility index (Phi) is 5.98. The van der Waals surface area contributed by atoms with E-state index in [4.69, 9.17) is 0 Å². The van der Waals surface area contributed by atoms with E-state index in [9.17, 15) is 9.90 Å². The number of para-hydroxylation sites is 1. The lowest BCUT2D eigenvalue weighted by molar-refractivity contribution is -0.121. The predicted octanol–water partition coefficient (Wildman–Crippen LogP) is 2.84. The van der Waals surface area contributed by atoms with Gasteiger partial charge < -0.3 is 10.4 Å². The molecule has 2 rings (SSSR count). The fourth-order valence-corrected chi connectivity index (χ4v) is 3.04. The van der Waals surface area contributed by atoms with Gasteiger partial charge in [0.25, 0.3) is 0 Å². The number of aliphatic hydroxyl groups excluding tert-OH is 1. The average Bonchev–Trinajstić information content (AvgIpc) is 2.54. The van der Waals surface area contributed by atoms with Gasteiger partial charge in [0.15, 0.2) is 0 Å². The van der Waals surface area contributed by atoms with E-state index >= 15 is 0 Å². The van der Waals surface area contributed by atoms with Crippen molar-refractivity contribution in [1.82, 2.24) is 4.90 Å². The van der Waals surface area contributed by atoms with E-state index in [2.05, 4.69) is 30.1 Å². The van der Waals surface area contributed by atoms with Gasteiger partial charge in [-0.2, -0.15) is 0 Å². The van der Waals surface area contributed by atoms with Crippen molar-refractivity contribution in [3.63, 3.8) is 0 Å². The minimum atomic E-state index is -0.139. The monoisotopic (exact) mass is 304 g/mol. The van der Waals surface area contributed by atoms with Crippen LogP contribution in [0.3, 0.4) is 0 Å². The lowest BCUT2D eigenvalue weighted by Crippen LogP contribution is -2.46. The SMILES string of the molecule is CC(C)c1ccccc1NC(=O)C(C)N1CCC(CO)CC1. The second-order valence-corrected chi connectivity index (χ2v) is 6.57. The molecular formula is C18H28N2O2. The van der Waals surface area contributed by atoms with Crippen LogP contribution in [0.25, 0.3) is 0 Å². The summed E-state index contributed by atoms with van der Waals surface area (Å²) in [6.07, 6.45) is 1.94. The number of aliphatic hydroxyl groups is 1. The first kappa shape index (κ1) is 17.0. The number of carbonyl (C=O) groups excluding carboxylic acids is 1. The molecule has 0 radical (unpaired) electrons. The smallest absolute Gasteiger partial charge is 0.241 e. The molecule has 0 aliphatic carbocycles. The van der Waals surface area contributed by atoms with Gasteiger partial charge in [-0.05, 0) is 56.3 Å². The molecule has 1 saturated heterocycles. The number of likely N-dealkylation sites (tertiary alicyclic amines) is 1. The molecule has 122 valence electrons. The summed E-state index contributed by atoms with van der Waals surface area (Å²) in [5.74, 6) is 0.829. The highest BCUT2D eigenvalue weighted by Crippen LogP contribution is 2.24. The van der Waals surface area contributed by atoms with Gasteiger partial charge in [0.2, 0.25) is 5.91 Å². The summed E-state index contributed by atoms with van der Waals surface area (Å²) in [5.41, 5.74) is 2.08. The molecule has 4 heteroatoms. The highest BCUT2D eigenvalue weighted by Gasteiger charge is 2.26. The summed E-state index contributed by atoms with van der Waals surface area (Å²) in [6, 6.07) is 7.86. The van der Waals surface area contributed by atoms with Gasteiger partial charge in [0, 0.05) is 12.3 Å². The van der Waals surface area contributed by atoms with E-state index in [1.54, 1.807) is 0 Å². The number of amides is 1. The molecule has 1 aromatic rings. The fraction of sp³-hybridized carbons (Fsp3) is 0.611. The molecule has 1 atom stereocenters. The lowest BCUT2D eigenvalue weighted by atomic mass is 9.96. The Hall–Kier alpha value is -1.39. The Bertz CT molecular complexity index is 494. The van der Waals surface area contributed by atoms with Gasteiger partial charge in [0.1, 0.15) is 0 Å². The third kappa shape index (κ3) is 4.08. The van der Waals surface area contributed by atoms with E-state index < -0.39 is 0 Å². The highest BCUT2D eigenvalue weighted by atomic mass is 16.3. The van der Waals surface area contributed by atoms with Crippen LogP contribution in [0, 0.1) is 5.92 Å². The number of rotatable bonds is 5. The molecule has 1 aliphatic rings. The van der Waals surface area contributed by atoms with Crippen LogP contribution in [-0.4, -0.2) is 41.7 Å². The van der Waals surface area contributed by atoms with E-state index in [-0.39, 0.29) is 18.6 Å². The van der Waals surface area contributed by atoms with Crippen LogP contribution in [0.15, 0.2) is 24.3 Å². The first-order valence-electron chi connectivity index (χ1n) is 8.27. The van der Waals surface area contributed by atoms with Crippen molar-refractivity contribution in [1.29, 1.82) is 0 Å². The number of anilines is 1. The van der Waals surface area contributed by atoms with Gasteiger partial charge in [-0.25, -0.2) is 0 Å². The zero-order valence-corrected chi connectivity index (χ0v) is 13.9. The third-order valence-corrected chi connectivity index (χ3v) is 4.68. The molecule has 0 saturated carbocycles. The molecule has 0 aromatic heterocycles. The number of benzene rings is 1. The molecular weight excluding hydrogens is 276 g/mol.